The number of ether oxygens (including phenoxy) is 1. The van der Waals surface area contributed by atoms with E-state index in [4.69, 9.17) is 4.74 Å². The van der Waals surface area contributed by atoms with Crippen LogP contribution in [0.3, 0.4) is 0 Å². The summed E-state index contributed by atoms with van der Waals surface area (Å²) in [5.74, 6) is -6.53. The number of cyclic esters (lactones) is 1. The Bertz CT molecular complexity index is 896. The van der Waals surface area contributed by atoms with E-state index in [0.29, 0.717) is 12.8 Å². The Morgan fingerprint density at radius 2 is 1.93 bits per heavy atom. The molecular formula is C19H22O9S. The van der Waals surface area contributed by atoms with E-state index < -0.39 is 75.1 Å². The molecule has 9 nitrogen and oxygen atoms in total. The molecule has 158 valence electrons. The Labute approximate surface area is 168 Å². The lowest BCUT2D eigenvalue weighted by atomic mass is 9.78. The Kier molecular flexibility index (Phi) is 5.68. The van der Waals surface area contributed by atoms with Crippen molar-refractivity contribution in [1.82, 2.24) is 0 Å². The summed E-state index contributed by atoms with van der Waals surface area (Å²) in [5.41, 5.74) is -3.01. The lowest BCUT2D eigenvalue weighted by Crippen LogP contribution is -2.50. The van der Waals surface area contributed by atoms with Gasteiger partial charge in [0.15, 0.2) is 11.4 Å². The summed E-state index contributed by atoms with van der Waals surface area (Å²) in [6.45, 7) is 1.67. The molecule has 1 aromatic carbocycles. The molecule has 0 bridgehead atoms. The van der Waals surface area contributed by atoms with Gasteiger partial charge in [-0.2, -0.15) is 0 Å². The number of hydrogen-bond acceptors (Lipinski definition) is 8. The molecule has 0 radical (unpaired) electrons. The standard InChI is InChI=1S/C19H22O9S/c1-9-3-2-4-13-16(19(26,18(24)25)8-29(13)27)17(23)15-10(6-14(22)28-9)5-11(20)7-12(15)21/h5,7,9,13,16,20-21,26H,2-4,6,8H2,1H3,(H,24,25)/t9-,13?,16?,19?,29?/m0/s1. The van der Waals surface area contributed by atoms with Gasteiger partial charge >= 0.3 is 11.9 Å². The van der Waals surface area contributed by atoms with Crippen LogP contribution >= 0.6 is 0 Å². The van der Waals surface area contributed by atoms with Crippen molar-refractivity contribution in [1.29, 1.82) is 0 Å². The van der Waals surface area contributed by atoms with Crippen molar-refractivity contribution in [2.75, 3.05) is 5.75 Å². The first-order valence-corrected chi connectivity index (χ1v) is 10.5. The van der Waals surface area contributed by atoms with Crippen molar-refractivity contribution in [2.45, 2.75) is 49.6 Å². The molecule has 5 atom stereocenters. The van der Waals surface area contributed by atoms with Crippen LogP contribution in [0.1, 0.15) is 42.1 Å². The lowest BCUT2D eigenvalue weighted by Gasteiger charge is -2.28. The maximum absolute atomic E-state index is 13.4. The van der Waals surface area contributed by atoms with Gasteiger partial charge in [-0.3, -0.25) is 13.8 Å². The molecule has 0 spiro atoms. The third kappa shape index (κ3) is 3.86. The van der Waals surface area contributed by atoms with Gasteiger partial charge < -0.3 is 25.2 Å². The molecular weight excluding hydrogens is 404 g/mol. The zero-order valence-corrected chi connectivity index (χ0v) is 16.5. The zero-order valence-electron chi connectivity index (χ0n) is 15.7. The molecule has 1 fully saturated rings. The van der Waals surface area contributed by atoms with Crippen LogP contribution in [0.4, 0.5) is 0 Å². The van der Waals surface area contributed by atoms with E-state index in [2.05, 4.69) is 0 Å². The van der Waals surface area contributed by atoms with E-state index in [1.165, 1.54) is 0 Å². The van der Waals surface area contributed by atoms with Gasteiger partial charge in [-0.15, -0.1) is 0 Å². The van der Waals surface area contributed by atoms with Crippen molar-refractivity contribution in [2.24, 2.45) is 5.92 Å². The van der Waals surface area contributed by atoms with Crippen molar-refractivity contribution < 1.29 is 43.8 Å². The second kappa shape index (κ2) is 7.75. The number of carboxylic acids is 1. The number of aliphatic carboxylic acids is 1. The lowest BCUT2D eigenvalue weighted by molar-refractivity contribution is -0.159. The topological polar surface area (TPSA) is 158 Å². The number of fused-ring (bicyclic) bond motifs is 2. The summed E-state index contributed by atoms with van der Waals surface area (Å²) in [6.07, 6.45) is 0.0650. The van der Waals surface area contributed by atoms with Crippen LogP contribution < -0.4 is 0 Å². The van der Waals surface area contributed by atoms with E-state index in [-0.39, 0.29) is 17.5 Å². The van der Waals surface area contributed by atoms with Crippen LogP contribution in [0.15, 0.2) is 12.1 Å². The van der Waals surface area contributed by atoms with Crippen LogP contribution in [0.5, 0.6) is 11.5 Å². The number of esters is 1. The number of phenols is 2. The van der Waals surface area contributed by atoms with Crippen molar-refractivity contribution in [3.63, 3.8) is 0 Å². The van der Waals surface area contributed by atoms with Crippen molar-refractivity contribution in [3.05, 3.63) is 23.3 Å². The Balaban J connectivity index is 2.19. The number of benzene rings is 1. The molecule has 4 unspecified atom stereocenters. The van der Waals surface area contributed by atoms with Crippen LogP contribution in [0.25, 0.3) is 0 Å². The number of carbonyl (C=O) groups excluding carboxylic acids is 2. The molecule has 3 rings (SSSR count). The maximum Gasteiger partial charge on any atom is 0.337 e. The Morgan fingerprint density at radius 3 is 2.59 bits per heavy atom. The summed E-state index contributed by atoms with van der Waals surface area (Å²) in [6, 6.07) is 1.99. The summed E-state index contributed by atoms with van der Waals surface area (Å²) in [4.78, 5) is 37.4. The Morgan fingerprint density at radius 1 is 1.24 bits per heavy atom. The number of ketones is 1. The minimum Gasteiger partial charge on any atom is -0.508 e. The van der Waals surface area contributed by atoms with E-state index >= 15 is 0 Å². The average molecular weight is 426 g/mol. The minimum absolute atomic E-state index is 0.0607. The number of hydrogen-bond donors (Lipinski definition) is 4. The fourth-order valence-electron chi connectivity index (χ4n) is 4.09. The summed E-state index contributed by atoms with van der Waals surface area (Å²) in [5, 5.41) is 39.5. The summed E-state index contributed by atoms with van der Waals surface area (Å²) < 4.78 is 17.9. The third-order valence-electron chi connectivity index (χ3n) is 5.44. The molecule has 4 N–H and O–H groups in total. The largest absolute Gasteiger partial charge is 0.508 e. The molecule has 0 aromatic heterocycles. The molecule has 2 aliphatic heterocycles. The fourth-order valence-corrected chi connectivity index (χ4v) is 6.12. The molecule has 2 aliphatic rings. The SMILES string of the molecule is C[C@H]1CCCC2C(C(=O)c3c(O)cc(O)cc3CC(=O)O1)C(O)(C(=O)O)CS2=O. The van der Waals surface area contributed by atoms with Gasteiger partial charge in [-0.05, 0) is 37.8 Å². The molecule has 0 amide bonds. The van der Waals surface area contributed by atoms with Crippen molar-refractivity contribution >= 4 is 28.5 Å². The summed E-state index contributed by atoms with van der Waals surface area (Å²) in [7, 11) is -1.79. The number of carbonyl (C=O) groups is 3. The smallest absolute Gasteiger partial charge is 0.337 e. The molecule has 29 heavy (non-hydrogen) atoms. The van der Waals surface area contributed by atoms with Crippen LogP contribution in [-0.4, -0.2) is 65.1 Å². The van der Waals surface area contributed by atoms with Gasteiger partial charge in [0.05, 0.1) is 29.8 Å². The molecule has 1 aromatic rings. The second-order valence-corrected chi connectivity index (χ2v) is 9.20. The van der Waals surface area contributed by atoms with E-state index in [1.54, 1.807) is 6.92 Å². The predicted octanol–water partition coefficient (Wildman–Crippen LogP) is 0.501. The number of phenolic OH excluding ortho intramolecular Hbond substituents is 2. The number of Topliss-reactive ketones (excluding diaryl/α,β-unsaturated/α-hetero) is 1. The van der Waals surface area contributed by atoms with Gasteiger partial charge in [0.2, 0.25) is 0 Å². The molecule has 0 saturated carbocycles. The highest BCUT2D eigenvalue weighted by Gasteiger charge is 2.60. The van der Waals surface area contributed by atoms with Crippen LogP contribution in [0.2, 0.25) is 0 Å². The number of aliphatic hydroxyl groups is 1. The first-order valence-electron chi connectivity index (χ1n) is 9.16. The van der Waals surface area contributed by atoms with E-state index in [9.17, 15) is 39.0 Å². The molecule has 1 saturated heterocycles. The first-order chi connectivity index (χ1) is 13.5. The predicted molar refractivity (Wildman–Crippen MR) is 100 cm³/mol. The summed E-state index contributed by atoms with van der Waals surface area (Å²) >= 11 is 0. The van der Waals surface area contributed by atoms with E-state index in [1.807, 2.05) is 0 Å². The molecule has 0 aliphatic carbocycles. The van der Waals surface area contributed by atoms with Gasteiger partial charge in [0.25, 0.3) is 0 Å². The number of rotatable bonds is 1. The first kappa shape index (κ1) is 21.3. The normalized spacial score (nSPS) is 33.0. The average Bonchev–Trinajstić information content (AvgIpc) is 2.84. The number of aromatic hydroxyl groups is 2. The molecule has 2 heterocycles. The monoisotopic (exact) mass is 426 g/mol. The highest BCUT2D eigenvalue weighted by molar-refractivity contribution is 7.86. The Hall–Kier alpha value is -2.46. The van der Waals surface area contributed by atoms with Crippen LogP contribution in [-0.2, 0) is 31.5 Å². The van der Waals surface area contributed by atoms with Crippen LogP contribution in [0, 0.1) is 5.92 Å². The number of carboxylic acid groups (broad SMARTS) is 1. The maximum atomic E-state index is 13.4. The second-order valence-electron chi connectivity index (χ2n) is 7.54. The molecule has 10 heteroatoms. The minimum atomic E-state index is -2.57. The fraction of sp³-hybridized carbons (Fsp3) is 0.526. The highest BCUT2D eigenvalue weighted by atomic mass is 32.2. The van der Waals surface area contributed by atoms with E-state index in [0.717, 1.165) is 12.1 Å². The third-order valence-corrected chi connectivity index (χ3v) is 7.34. The van der Waals surface area contributed by atoms with Gasteiger partial charge in [-0.1, -0.05) is 0 Å². The quantitative estimate of drug-likeness (QED) is 0.469. The zero-order chi connectivity index (χ0) is 21.5. The van der Waals surface area contributed by atoms with Gasteiger partial charge in [0, 0.05) is 22.1 Å². The van der Waals surface area contributed by atoms with Gasteiger partial charge in [-0.25, -0.2) is 4.79 Å². The highest BCUT2D eigenvalue weighted by Crippen LogP contribution is 2.41. The van der Waals surface area contributed by atoms with Gasteiger partial charge in [0.1, 0.15) is 11.5 Å². The van der Waals surface area contributed by atoms with Crippen molar-refractivity contribution in [3.8, 4) is 11.5 Å².